The molecule has 0 aromatic heterocycles. The van der Waals surface area contributed by atoms with Gasteiger partial charge >= 0.3 is 0 Å². The number of halogens is 1. The number of nitrogens with zero attached hydrogens (tertiary/aromatic N) is 4. The van der Waals surface area contributed by atoms with Crippen molar-refractivity contribution in [2.75, 3.05) is 39.3 Å². The second-order valence-electron chi connectivity index (χ2n) is 9.93. The molecular formula is C32H33ClN4O7. The second kappa shape index (κ2) is 15.6. The first-order valence-corrected chi connectivity index (χ1v) is 13.9. The summed E-state index contributed by atoms with van der Waals surface area (Å²) in [6, 6.07) is 18.4. The molecule has 1 fully saturated rings. The first-order valence-electron chi connectivity index (χ1n) is 13.9. The highest BCUT2D eigenvalue weighted by Gasteiger charge is 2.30. The largest absolute Gasteiger partial charge is 0.492 e. The molecule has 0 unspecified atom stereocenters. The van der Waals surface area contributed by atoms with Gasteiger partial charge in [0, 0.05) is 47.5 Å². The molecule has 0 bridgehead atoms. The van der Waals surface area contributed by atoms with Crippen molar-refractivity contribution in [1.82, 2.24) is 9.80 Å². The lowest BCUT2D eigenvalue weighted by molar-refractivity contribution is -0.385. The third-order valence-corrected chi connectivity index (χ3v) is 7.15. The molecule has 1 aliphatic rings. The molecule has 12 heteroatoms. The van der Waals surface area contributed by atoms with Gasteiger partial charge in [0.2, 0.25) is 0 Å². The van der Waals surface area contributed by atoms with Gasteiger partial charge in [-0.2, -0.15) is 0 Å². The molecule has 0 spiro atoms. The molecule has 0 aliphatic carbocycles. The number of amides is 1. The van der Waals surface area contributed by atoms with Crippen LogP contribution in [0.15, 0.2) is 83.9 Å². The number of ketones is 1. The number of carbonyl (C=O) groups excluding carboxylic acids is 2. The summed E-state index contributed by atoms with van der Waals surface area (Å²) in [5.41, 5.74) is 2.08. The lowest BCUT2D eigenvalue weighted by atomic mass is 9.93. The number of hydrogen-bond acceptors (Lipinski definition) is 8. The number of rotatable bonds is 11. The van der Waals surface area contributed by atoms with Crippen molar-refractivity contribution in [3.8, 4) is 5.75 Å². The van der Waals surface area contributed by atoms with Gasteiger partial charge in [-0.1, -0.05) is 13.8 Å². The minimum Gasteiger partial charge on any atom is -0.492 e. The maximum absolute atomic E-state index is 13.6. The molecular weight excluding hydrogens is 588 g/mol. The van der Waals surface area contributed by atoms with E-state index in [1.807, 2.05) is 0 Å². The number of nitro benzene ring substituents is 2. The van der Waals surface area contributed by atoms with Crippen LogP contribution in [0.25, 0.3) is 12.2 Å². The van der Waals surface area contributed by atoms with E-state index < -0.39 is 9.85 Å². The first kappa shape index (κ1) is 33.6. The van der Waals surface area contributed by atoms with Gasteiger partial charge in [-0.3, -0.25) is 29.8 Å². The molecule has 0 atom stereocenters. The highest BCUT2D eigenvalue weighted by molar-refractivity contribution is 6.16. The second-order valence-corrected chi connectivity index (χ2v) is 9.93. The van der Waals surface area contributed by atoms with E-state index in [0.29, 0.717) is 40.2 Å². The SMILES string of the molecule is CCN(CC)CCOc1ccc(C(=O)N2C/C(=C/c3ccc([N+](=O)[O-])cc3)C(=O)/C(=C/c3ccc([N+](=O)[O-])cc3)C2)cc1.Cl. The molecule has 11 nitrogen and oxygen atoms in total. The molecule has 1 saturated heterocycles. The Morgan fingerprint density at radius 1 is 0.818 bits per heavy atom. The Bertz CT molecular complexity index is 1470. The van der Waals surface area contributed by atoms with Crippen LogP contribution in [0.5, 0.6) is 5.75 Å². The zero-order chi connectivity index (χ0) is 30.9. The van der Waals surface area contributed by atoms with Crippen LogP contribution in [0.1, 0.15) is 35.3 Å². The maximum atomic E-state index is 13.6. The van der Waals surface area contributed by atoms with Crippen molar-refractivity contribution in [2.45, 2.75) is 13.8 Å². The predicted octanol–water partition coefficient (Wildman–Crippen LogP) is 5.84. The number of piperidine rings is 1. The molecule has 3 aromatic carbocycles. The van der Waals surface area contributed by atoms with E-state index in [2.05, 4.69) is 18.7 Å². The molecule has 4 rings (SSSR count). The van der Waals surface area contributed by atoms with E-state index in [-0.39, 0.29) is 48.6 Å². The summed E-state index contributed by atoms with van der Waals surface area (Å²) in [6.07, 6.45) is 3.23. The van der Waals surface area contributed by atoms with Gasteiger partial charge in [0.05, 0.1) is 22.9 Å². The predicted molar refractivity (Wildman–Crippen MR) is 170 cm³/mol. The van der Waals surface area contributed by atoms with Gasteiger partial charge in [-0.05, 0) is 84.9 Å². The minimum atomic E-state index is -0.504. The summed E-state index contributed by atoms with van der Waals surface area (Å²) in [5, 5.41) is 22.1. The van der Waals surface area contributed by atoms with Gasteiger partial charge in [-0.15, -0.1) is 12.4 Å². The summed E-state index contributed by atoms with van der Waals surface area (Å²) in [6.45, 7) is 7.46. The zero-order valence-corrected chi connectivity index (χ0v) is 25.2. The lowest BCUT2D eigenvalue weighted by Gasteiger charge is -2.30. The van der Waals surface area contributed by atoms with Gasteiger partial charge in [0.1, 0.15) is 12.4 Å². The standard InChI is InChI=1S/C32H32N4O7.ClH/c1-3-33(4-2)17-18-43-30-15-9-25(10-16-30)32(38)34-21-26(19-23-5-11-28(12-6-23)35(39)40)31(37)27(22-34)20-24-7-13-29(14-8-24)36(41)42;/h5-16,19-20H,3-4,17-18,21-22H2,1-2H3;1H/b26-19-,27-20+;. The molecule has 3 aromatic rings. The van der Waals surface area contributed by atoms with E-state index in [0.717, 1.165) is 19.6 Å². The van der Waals surface area contributed by atoms with Crippen molar-refractivity contribution in [1.29, 1.82) is 0 Å². The molecule has 1 amide bonds. The van der Waals surface area contributed by atoms with Crippen molar-refractivity contribution < 1.29 is 24.2 Å². The summed E-state index contributed by atoms with van der Waals surface area (Å²) in [5.74, 6) is 0.0825. The number of non-ortho nitro benzene ring substituents is 2. The number of likely N-dealkylation sites (tertiary alicyclic amines) is 1. The molecule has 1 heterocycles. The topological polar surface area (TPSA) is 136 Å². The molecule has 0 saturated carbocycles. The highest BCUT2D eigenvalue weighted by Crippen LogP contribution is 2.25. The fourth-order valence-corrected chi connectivity index (χ4v) is 4.68. The Kier molecular flexibility index (Phi) is 11.9. The maximum Gasteiger partial charge on any atom is 0.269 e. The average Bonchev–Trinajstić information content (AvgIpc) is 3.01. The Labute approximate surface area is 261 Å². The molecule has 0 N–H and O–H groups in total. The van der Waals surface area contributed by atoms with Crippen molar-refractivity contribution in [3.63, 3.8) is 0 Å². The number of hydrogen-bond donors (Lipinski definition) is 0. The van der Waals surface area contributed by atoms with Gasteiger partial charge in [0.25, 0.3) is 17.3 Å². The normalized spacial score (nSPS) is 14.9. The molecule has 230 valence electrons. The fraction of sp³-hybridized carbons (Fsp3) is 0.250. The van der Waals surface area contributed by atoms with Crippen LogP contribution in [-0.2, 0) is 4.79 Å². The minimum absolute atomic E-state index is 0. The van der Waals surface area contributed by atoms with Crippen LogP contribution in [0.2, 0.25) is 0 Å². The zero-order valence-electron chi connectivity index (χ0n) is 24.4. The number of nitro groups is 2. The third-order valence-electron chi connectivity index (χ3n) is 7.15. The Balaban J connectivity index is 0.00000529. The van der Waals surface area contributed by atoms with Gasteiger partial charge < -0.3 is 14.5 Å². The van der Waals surface area contributed by atoms with Crippen LogP contribution < -0.4 is 4.74 Å². The monoisotopic (exact) mass is 620 g/mol. The van der Waals surface area contributed by atoms with Crippen molar-refractivity contribution >= 4 is 47.6 Å². The number of Topliss-reactive ketones (excluding diaryl/α,β-unsaturated/α-hetero) is 1. The average molecular weight is 621 g/mol. The lowest BCUT2D eigenvalue weighted by Crippen LogP contribution is -2.41. The van der Waals surface area contributed by atoms with Gasteiger partial charge in [0.15, 0.2) is 5.78 Å². The van der Waals surface area contributed by atoms with Crippen molar-refractivity contribution in [3.05, 3.63) is 121 Å². The van der Waals surface area contributed by atoms with Crippen LogP contribution in [-0.4, -0.2) is 70.7 Å². The first-order chi connectivity index (χ1) is 20.7. The van der Waals surface area contributed by atoms with Crippen LogP contribution in [0.3, 0.4) is 0 Å². The number of benzene rings is 3. The Morgan fingerprint density at radius 3 is 1.68 bits per heavy atom. The smallest absolute Gasteiger partial charge is 0.269 e. The Morgan fingerprint density at radius 2 is 1.27 bits per heavy atom. The Hall–Kier alpha value is -4.87. The molecule has 1 aliphatic heterocycles. The summed E-state index contributed by atoms with van der Waals surface area (Å²) in [7, 11) is 0. The quantitative estimate of drug-likeness (QED) is 0.148. The summed E-state index contributed by atoms with van der Waals surface area (Å²) >= 11 is 0. The van der Waals surface area contributed by atoms with Gasteiger partial charge in [-0.25, -0.2) is 0 Å². The summed E-state index contributed by atoms with van der Waals surface area (Å²) < 4.78 is 5.83. The third kappa shape index (κ3) is 8.59. The van der Waals surface area contributed by atoms with Crippen LogP contribution in [0, 0.1) is 20.2 Å². The van der Waals surface area contributed by atoms with Crippen LogP contribution >= 0.6 is 12.4 Å². The number of ether oxygens (including phenoxy) is 1. The van der Waals surface area contributed by atoms with E-state index in [1.54, 1.807) is 41.3 Å². The van der Waals surface area contributed by atoms with Crippen molar-refractivity contribution in [2.24, 2.45) is 0 Å². The summed E-state index contributed by atoms with van der Waals surface area (Å²) in [4.78, 5) is 52.0. The van der Waals surface area contributed by atoms with Crippen LogP contribution in [0.4, 0.5) is 11.4 Å². The van der Waals surface area contributed by atoms with E-state index in [1.165, 1.54) is 48.5 Å². The van der Waals surface area contributed by atoms with E-state index in [4.69, 9.17) is 4.74 Å². The number of carbonyl (C=O) groups is 2. The van der Waals surface area contributed by atoms with E-state index >= 15 is 0 Å². The fourth-order valence-electron chi connectivity index (χ4n) is 4.68. The highest BCUT2D eigenvalue weighted by atomic mass is 35.5. The molecule has 44 heavy (non-hydrogen) atoms. The van der Waals surface area contributed by atoms with E-state index in [9.17, 15) is 29.8 Å². The number of likely N-dealkylation sites (N-methyl/N-ethyl adjacent to an activating group) is 1. The molecule has 0 radical (unpaired) electrons.